The molecule has 6 heteroatoms. The number of rotatable bonds is 4. The van der Waals surface area contributed by atoms with Crippen LogP contribution in [0.15, 0.2) is 0 Å². The van der Waals surface area contributed by atoms with Gasteiger partial charge in [-0.05, 0) is 32.9 Å². The molecule has 0 radical (unpaired) electrons. The lowest BCUT2D eigenvalue weighted by molar-refractivity contribution is -0.137. The van der Waals surface area contributed by atoms with Crippen molar-refractivity contribution in [3.63, 3.8) is 0 Å². The van der Waals surface area contributed by atoms with Crippen LogP contribution in [-0.2, 0) is 4.79 Å². The molecule has 0 saturated carbocycles. The Kier molecular flexibility index (Phi) is 5.21. The number of urea groups is 1. The lowest BCUT2D eigenvalue weighted by Crippen LogP contribution is -2.50. The van der Waals surface area contributed by atoms with Gasteiger partial charge in [0.25, 0.3) is 0 Å². The van der Waals surface area contributed by atoms with Crippen LogP contribution in [0.5, 0.6) is 0 Å². The van der Waals surface area contributed by atoms with Crippen molar-refractivity contribution in [1.82, 2.24) is 15.1 Å². The monoisotopic (exact) mass is 243 g/mol. The van der Waals surface area contributed by atoms with Gasteiger partial charge in [-0.1, -0.05) is 0 Å². The molecule has 2 N–H and O–H groups in total. The second kappa shape index (κ2) is 6.44. The maximum absolute atomic E-state index is 12.1. The number of amides is 2. The van der Waals surface area contributed by atoms with Crippen LogP contribution in [0.1, 0.15) is 19.8 Å². The zero-order valence-electron chi connectivity index (χ0n) is 10.5. The number of nitrogens with zero attached hydrogens (tertiary/aromatic N) is 2. The molecular formula is C11H21N3O3. The summed E-state index contributed by atoms with van der Waals surface area (Å²) in [5, 5.41) is 12.0. The van der Waals surface area contributed by atoms with E-state index in [4.69, 9.17) is 5.11 Å². The van der Waals surface area contributed by atoms with Crippen LogP contribution >= 0.6 is 0 Å². The summed E-state index contributed by atoms with van der Waals surface area (Å²) in [5.74, 6) is -0.973. The maximum Gasteiger partial charge on any atom is 0.323 e. The Morgan fingerprint density at radius 2 is 1.94 bits per heavy atom. The molecule has 1 heterocycles. The van der Waals surface area contributed by atoms with Gasteiger partial charge in [-0.3, -0.25) is 4.79 Å². The first-order valence-electron chi connectivity index (χ1n) is 6.00. The molecule has 1 aliphatic rings. The Morgan fingerprint density at radius 1 is 1.35 bits per heavy atom. The molecule has 1 aliphatic heterocycles. The summed E-state index contributed by atoms with van der Waals surface area (Å²) in [6.07, 6.45) is 1.85. The average molecular weight is 243 g/mol. The zero-order valence-corrected chi connectivity index (χ0v) is 10.5. The normalized spacial score (nSPS) is 16.6. The van der Waals surface area contributed by atoms with E-state index in [1.807, 2.05) is 0 Å². The van der Waals surface area contributed by atoms with Gasteiger partial charge in [-0.15, -0.1) is 0 Å². The smallest absolute Gasteiger partial charge is 0.323 e. The number of hydrogen-bond acceptors (Lipinski definition) is 3. The predicted molar refractivity (Wildman–Crippen MR) is 63.9 cm³/mol. The van der Waals surface area contributed by atoms with Crippen LogP contribution in [0.25, 0.3) is 0 Å². The molecule has 0 spiro atoms. The number of piperidine rings is 1. The fourth-order valence-electron chi connectivity index (χ4n) is 2.05. The number of carboxylic acids is 1. The van der Waals surface area contributed by atoms with Gasteiger partial charge < -0.3 is 20.2 Å². The van der Waals surface area contributed by atoms with Crippen molar-refractivity contribution in [2.45, 2.75) is 25.8 Å². The van der Waals surface area contributed by atoms with Crippen molar-refractivity contribution < 1.29 is 14.7 Å². The molecule has 1 saturated heterocycles. The van der Waals surface area contributed by atoms with E-state index in [9.17, 15) is 9.59 Å². The number of carboxylic acid groups (broad SMARTS) is 1. The van der Waals surface area contributed by atoms with Gasteiger partial charge in [0.15, 0.2) is 0 Å². The van der Waals surface area contributed by atoms with E-state index in [0.29, 0.717) is 6.54 Å². The van der Waals surface area contributed by atoms with Crippen molar-refractivity contribution in [3.8, 4) is 0 Å². The summed E-state index contributed by atoms with van der Waals surface area (Å²) in [6, 6.07) is 0.0217. The Bertz CT molecular complexity index is 277. The Morgan fingerprint density at radius 3 is 2.41 bits per heavy atom. The van der Waals surface area contributed by atoms with E-state index in [1.54, 1.807) is 18.9 Å². The molecule has 0 aromatic carbocycles. The molecule has 98 valence electrons. The largest absolute Gasteiger partial charge is 0.480 e. The van der Waals surface area contributed by atoms with Gasteiger partial charge >= 0.3 is 12.0 Å². The molecule has 0 bridgehead atoms. The Labute approximate surface area is 102 Å². The second-order valence-corrected chi connectivity index (χ2v) is 4.28. The van der Waals surface area contributed by atoms with Crippen molar-refractivity contribution in [2.75, 3.05) is 33.2 Å². The molecule has 0 aromatic heterocycles. The number of nitrogens with one attached hydrogen (secondary N) is 1. The highest BCUT2D eigenvalue weighted by Crippen LogP contribution is 2.12. The first-order valence-corrected chi connectivity index (χ1v) is 6.00. The van der Waals surface area contributed by atoms with Crippen LogP contribution in [0.3, 0.4) is 0 Å². The topological polar surface area (TPSA) is 72.9 Å². The lowest BCUT2D eigenvalue weighted by Gasteiger charge is -2.34. The fraction of sp³-hybridized carbons (Fsp3) is 0.818. The minimum absolute atomic E-state index is 0.193. The van der Waals surface area contributed by atoms with Crippen molar-refractivity contribution in [1.29, 1.82) is 0 Å². The van der Waals surface area contributed by atoms with E-state index in [1.165, 1.54) is 4.90 Å². The van der Waals surface area contributed by atoms with Crippen LogP contribution in [0.2, 0.25) is 0 Å². The molecule has 1 rings (SSSR count). The average Bonchev–Trinajstić information content (AvgIpc) is 2.35. The molecule has 2 amide bonds. The molecular weight excluding hydrogens is 222 g/mol. The Balaban J connectivity index is 2.56. The van der Waals surface area contributed by atoms with Crippen LogP contribution in [0, 0.1) is 0 Å². The first-order chi connectivity index (χ1) is 8.06. The predicted octanol–water partition coefficient (Wildman–Crippen LogP) is 0.197. The third kappa shape index (κ3) is 3.89. The van der Waals surface area contributed by atoms with Gasteiger partial charge in [0.2, 0.25) is 0 Å². The van der Waals surface area contributed by atoms with Crippen LogP contribution in [-0.4, -0.2) is 66.2 Å². The summed E-state index contributed by atoms with van der Waals surface area (Å²) in [7, 11) is 1.75. The van der Waals surface area contributed by atoms with Crippen molar-refractivity contribution in [2.24, 2.45) is 0 Å². The van der Waals surface area contributed by atoms with E-state index < -0.39 is 5.97 Å². The quantitative estimate of drug-likeness (QED) is 0.739. The van der Waals surface area contributed by atoms with Gasteiger partial charge in [-0.25, -0.2) is 4.79 Å². The molecule has 6 nitrogen and oxygen atoms in total. The molecule has 0 unspecified atom stereocenters. The third-order valence-corrected chi connectivity index (χ3v) is 3.14. The van der Waals surface area contributed by atoms with Gasteiger partial charge in [0.1, 0.15) is 6.54 Å². The molecule has 17 heavy (non-hydrogen) atoms. The molecule has 0 atom stereocenters. The maximum atomic E-state index is 12.1. The Hall–Kier alpha value is -1.30. The van der Waals surface area contributed by atoms with Crippen LogP contribution in [0.4, 0.5) is 4.79 Å². The highest BCUT2D eigenvalue weighted by Gasteiger charge is 2.25. The van der Waals surface area contributed by atoms with Gasteiger partial charge in [0, 0.05) is 19.6 Å². The summed E-state index contributed by atoms with van der Waals surface area (Å²) in [4.78, 5) is 25.8. The minimum Gasteiger partial charge on any atom is -0.480 e. The van der Waals surface area contributed by atoms with Gasteiger partial charge in [0.05, 0.1) is 0 Å². The number of likely N-dealkylation sites (N-methyl/N-ethyl adjacent to an activating group) is 1. The number of carbonyl (C=O) groups is 2. The highest BCUT2D eigenvalue weighted by atomic mass is 16.4. The number of aliphatic carboxylic acids is 1. The van der Waals surface area contributed by atoms with Gasteiger partial charge in [-0.2, -0.15) is 0 Å². The van der Waals surface area contributed by atoms with E-state index in [2.05, 4.69) is 5.32 Å². The summed E-state index contributed by atoms with van der Waals surface area (Å²) >= 11 is 0. The van der Waals surface area contributed by atoms with Crippen molar-refractivity contribution >= 4 is 12.0 Å². The van der Waals surface area contributed by atoms with E-state index in [0.717, 1.165) is 25.9 Å². The summed E-state index contributed by atoms with van der Waals surface area (Å²) in [5.41, 5.74) is 0. The first kappa shape index (κ1) is 13.8. The third-order valence-electron chi connectivity index (χ3n) is 3.14. The number of hydrogen-bond donors (Lipinski definition) is 2. The molecule has 1 fully saturated rings. The zero-order chi connectivity index (χ0) is 12.8. The standard InChI is InChI=1S/C11H21N3O3/c1-3-14(8-10(15)16)11(17)13(2)9-4-6-12-7-5-9/h9,12H,3-8H2,1-2H3,(H,15,16). The minimum atomic E-state index is -0.973. The van der Waals surface area contributed by atoms with Crippen molar-refractivity contribution in [3.05, 3.63) is 0 Å². The second-order valence-electron chi connectivity index (χ2n) is 4.28. The SMILES string of the molecule is CCN(CC(=O)O)C(=O)N(C)C1CCNCC1. The number of carbonyl (C=O) groups excluding carboxylic acids is 1. The highest BCUT2D eigenvalue weighted by molar-refractivity contribution is 5.80. The van der Waals surface area contributed by atoms with Crippen LogP contribution < -0.4 is 5.32 Å². The summed E-state index contributed by atoms with van der Waals surface area (Å²) < 4.78 is 0. The van der Waals surface area contributed by atoms with E-state index in [-0.39, 0.29) is 18.6 Å². The molecule has 0 aromatic rings. The van der Waals surface area contributed by atoms with E-state index >= 15 is 0 Å². The molecule has 0 aliphatic carbocycles. The fourth-order valence-corrected chi connectivity index (χ4v) is 2.05. The summed E-state index contributed by atoms with van der Waals surface area (Å²) in [6.45, 7) is 3.79. The lowest BCUT2D eigenvalue weighted by atomic mass is 10.1.